The van der Waals surface area contributed by atoms with Gasteiger partial charge < -0.3 is 5.32 Å². The van der Waals surface area contributed by atoms with Gasteiger partial charge in [-0.3, -0.25) is 9.11 Å². The molecule has 0 saturated heterocycles. The van der Waals surface area contributed by atoms with Crippen molar-refractivity contribution in [2.45, 2.75) is 16.7 Å². The van der Waals surface area contributed by atoms with Crippen LogP contribution in [0.2, 0.25) is 0 Å². The highest BCUT2D eigenvalue weighted by Gasteiger charge is 2.19. The molecule has 0 fully saturated rings. The largest absolute Gasteiger partial charge is 0.384 e. The second-order valence-corrected chi connectivity index (χ2v) is 5.95. The molecule has 1 rings (SSSR count). The minimum absolute atomic E-state index is 0.0578. The van der Waals surface area contributed by atoms with Gasteiger partial charge in [0.05, 0.1) is 10.6 Å². The fourth-order valence-electron chi connectivity index (χ4n) is 1.21. The van der Waals surface area contributed by atoms with Crippen LogP contribution in [-0.2, 0) is 20.2 Å². The molecule has 0 aliphatic heterocycles. The Bertz CT molecular complexity index is 619. The Morgan fingerprint density at radius 2 is 1.71 bits per heavy atom. The van der Waals surface area contributed by atoms with Crippen LogP contribution in [0, 0.1) is 0 Å². The Morgan fingerprint density at radius 3 is 2.12 bits per heavy atom. The molecule has 3 N–H and O–H groups in total. The van der Waals surface area contributed by atoms with E-state index in [-0.39, 0.29) is 5.69 Å². The highest BCUT2D eigenvalue weighted by Crippen LogP contribution is 2.24. The van der Waals surface area contributed by atoms with Gasteiger partial charge in [0.15, 0.2) is 0 Å². The van der Waals surface area contributed by atoms with Crippen LogP contribution in [0.15, 0.2) is 28.0 Å². The average molecular weight is 281 g/mol. The fourth-order valence-corrected chi connectivity index (χ4v) is 2.49. The maximum absolute atomic E-state index is 11.0. The van der Waals surface area contributed by atoms with Crippen LogP contribution in [0.3, 0.4) is 0 Å². The average Bonchev–Trinajstić information content (AvgIpc) is 2.15. The van der Waals surface area contributed by atoms with Crippen LogP contribution >= 0.6 is 0 Å². The summed E-state index contributed by atoms with van der Waals surface area (Å²) in [6.07, 6.45) is 0. The molecule has 0 bridgehead atoms. The summed E-state index contributed by atoms with van der Waals surface area (Å²) in [6.45, 7) is 2.08. The van der Waals surface area contributed by atoms with E-state index in [1.807, 2.05) is 0 Å². The van der Waals surface area contributed by atoms with Gasteiger partial charge in [0, 0.05) is 6.54 Å². The van der Waals surface area contributed by atoms with E-state index in [9.17, 15) is 16.8 Å². The molecular weight excluding hydrogens is 270 g/mol. The van der Waals surface area contributed by atoms with E-state index in [0.29, 0.717) is 12.6 Å². The van der Waals surface area contributed by atoms with Gasteiger partial charge >= 0.3 is 0 Å². The number of nitrogens with one attached hydrogen (secondary N) is 1. The first kappa shape index (κ1) is 13.9. The molecule has 17 heavy (non-hydrogen) atoms. The molecule has 0 amide bonds. The molecule has 0 atom stereocenters. The summed E-state index contributed by atoms with van der Waals surface area (Å²) in [4.78, 5) is -1.21. The molecule has 0 aliphatic carbocycles. The number of rotatable bonds is 4. The molecule has 0 heterocycles. The summed E-state index contributed by atoms with van der Waals surface area (Å²) >= 11 is 0. The van der Waals surface area contributed by atoms with Crippen molar-refractivity contribution in [2.75, 3.05) is 11.9 Å². The van der Waals surface area contributed by atoms with Crippen molar-refractivity contribution < 1.29 is 25.9 Å². The zero-order chi connectivity index (χ0) is 13.3. The zero-order valence-corrected chi connectivity index (χ0v) is 10.4. The molecule has 9 heteroatoms. The molecule has 0 aliphatic rings. The molecule has 0 saturated carbocycles. The van der Waals surface area contributed by atoms with Crippen LogP contribution in [0.25, 0.3) is 0 Å². The van der Waals surface area contributed by atoms with E-state index in [4.69, 9.17) is 9.11 Å². The summed E-state index contributed by atoms with van der Waals surface area (Å²) < 4.78 is 61.5. The van der Waals surface area contributed by atoms with Crippen molar-refractivity contribution in [3.63, 3.8) is 0 Å². The van der Waals surface area contributed by atoms with E-state index >= 15 is 0 Å². The Labute approximate surface area is 99.0 Å². The van der Waals surface area contributed by atoms with Gasteiger partial charge in [-0.15, -0.1) is 0 Å². The molecule has 1 aromatic carbocycles. The van der Waals surface area contributed by atoms with Crippen LogP contribution in [0.1, 0.15) is 6.92 Å². The van der Waals surface area contributed by atoms with Crippen LogP contribution in [0.5, 0.6) is 0 Å². The molecule has 0 unspecified atom stereocenters. The minimum Gasteiger partial charge on any atom is -0.384 e. The van der Waals surface area contributed by atoms with Gasteiger partial charge in [0.2, 0.25) is 0 Å². The lowest BCUT2D eigenvalue weighted by Crippen LogP contribution is -2.08. The molecule has 1 aromatic rings. The van der Waals surface area contributed by atoms with E-state index < -0.39 is 30.0 Å². The number of anilines is 1. The molecule has 7 nitrogen and oxygen atoms in total. The Hall–Kier alpha value is -1.16. The Kier molecular flexibility index (Phi) is 3.77. The van der Waals surface area contributed by atoms with Crippen molar-refractivity contribution in [2.24, 2.45) is 0 Å². The van der Waals surface area contributed by atoms with Crippen LogP contribution in [0.4, 0.5) is 5.69 Å². The van der Waals surface area contributed by atoms with Gasteiger partial charge in [0.25, 0.3) is 20.2 Å². The molecule has 0 spiro atoms. The lowest BCUT2D eigenvalue weighted by Gasteiger charge is -2.09. The van der Waals surface area contributed by atoms with Crippen LogP contribution < -0.4 is 5.32 Å². The Morgan fingerprint density at radius 1 is 1.12 bits per heavy atom. The van der Waals surface area contributed by atoms with Gasteiger partial charge in [-0.05, 0) is 25.1 Å². The van der Waals surface area contributed by atoms with Crippen molar-refractivity contribution in [3.8, 4) is 0 Å². The summed E-state index contributed by atoms with van der Waals surface area (Å²) in [5, 5.41) is 2.65. The predicted molar refractivity (Wildman–Crippen MR) is 60.2 cm³/mol. The van der Waals surface area contributed by atoms with Crippen LogP contribution in [-0.4, -0.2) is 32.5 Å². The van der Waals surface area contributed by atoms with Gasteiger partial charge in [0.1, 0.15) is 4.90 Å². The monoisotopic (exact) mass is 281 g/mol. The highest BCUT2D eigenvalue weighted by atomic mass is 32.2. The maximum atomic E-state index is 11.0. The normalized spacial score (nSPS) is 12.4. The molecule has 0 aromatic heterocycles. The molecule has 0 radical (unpaired) electrons. The first-order chi connectivity index (χ1) is 7.66. The lowest BCUT2D eigenvalue weighted by molar-refractivity contribution is 0.481. The SMILES string of the molecule is CCNc1ccc(S(=O)(=O)O)cc1S(=O)(=O)O. The summed E-state index contributed by atoms with van der Waals surface area (Å²) in [6, 6.07) is 2.86. The first-order valence-electron chi connectivity index (χ1n) is 4.49. The molecule has 96 valence electrons. The van der Waals surface area contributed by atoms with Crippen molar-refractivity contribution in [1.29, 1.82) is 0 Å². The van der Waals surface area contributed by atoms with Gasteiger partial charge in [-0.25, -0.2) is 0 Å². The standard InChI is InChI=1S/C8H11NO6S2/c1-2-9-7-4-3-6(16(10,11)12)5-8(7)17(13,14)15/h3-5,9H,2H2,1H3,(H,10,11,12)(H,13,14,15). The highest BCUT2D eigenvalue weighted by molar-refractivity contribution is 7.86. The Balaban J connectivity index is 3.51. The summed E-state index contributed by atoms with van der Waals surface area (Å²) in [5.41, 5.74) is 0.0578. The van der Waals surface area contributed by atoms with Crippen molar-refractivity contribution in [1.82, 2.24) is 0 Å². The summed E-state index contributed by atoms with van der Waals surface area (Å²) in [5.74, 6) is 0. The van der Waals surface area contributed by atoms with E-state index in [2.05, 4.69) is 5.32 Å². The number of hydrogen-bond donors (Lipinski definition) is 3. The summed E-state index contributed by atoms with van der Waals surface area (Å²) in [7, 11) is -9.10. The minimum atomic E-state index is -4.58. The third-order valence-electron chi connectivity index (χ3n) is 1.90. The third-order valence-corrected chi connectivity index (χ3v) is 3.64. The maximum Gasteiger partial charge on any atom is 0.296 e. The van der Waals surface area contributed by atoms with Crippen molar-refractivity contribution >= 4 is 25.9 Å². The molecular formula is C8H11NO6S2. The quantitative estimate of drug-likeness (QED) is 0.691. The smallest absolute Gasteiger partial charge is 0.296 e. The number of hydrogen-bond acceptors (Lipinski definition) is 5. The van der Waals surface area contributed by atoms with Gasteiger partial charge in [-0.1, -0.05) is 0 Å². The number of benzene rings is 1. The van der Waals surface area contributed by atoms with Crippen molar-refractivity contribution in [3.05, 3.63) is 18.2 Å². The first-order valence-corrected chi connectivity index (χ1v) is 7.37. The van der Waals surface area contributed by atoms with Gasteiger partial charge in [-0.2, -0.15) is 16.8 Å². The lowest BCUT2D eigenvalue weighted by atomic mass is 10.3. The second kappa shape index (κ2) is 4.61. The second-order valence-electron chi connectivity index (χ2n) is 3.14. The predicted octanol–water partition coefficient (Wildman–Crippen LogP) is 0.612. The van der Waals surface area contributed by atoms with E-state index in [1.54, 1.807) is 6.92 Å². The fraction of sp³-hybridized carbons (Fsp3) is 0.250. The van der Waals surface area contributed by atoms with E-state index in [0.717, 1.165) is 12.1 Å². The zero-order valence-electron chi connectivity index (χ0n) is 8.78. The third kappa shape index (κ3) is 3.40. The topological polar surface area (TPSA) is 121 Å². The van der Waals surface area contributed by atoms with E-state index in [1.165, 1.54) is 0 Å².